The van der Waals surface area contributed by atoms with Crippen LogP contribution in [0.4, 0.5) is 0 Å². The van der Waals surface area contributed by atoms with E-state index >= 15 is 0 Å². The Morgan fingerprint density at radius 3 is 1.25 bits per heavy atom. The molecule has 6 bridgehead atoms. The molecule has 5 rings (SSSR count). The van der Waals surface area contributed by atoms with Crippen LogP contribution in [0, 0.1) is 0 Å². The second kappa shape index (κ2) is 14.5. The Hall–Kier alpha value is -3.88. The Balaban J connectivity index is 1.41. The third-order valence-corrected chi connectivity index (χ3v) is 5.15. The fourth-order valence-corrected chi connectivity index (χ4v) is 3.34. The molecule has 2 aromatic heterocycles. The van der Waals surface area contributed by atoms with Crippen LogP contribution in [0.1, 0.15) is 33.9 Å². The van der Waals surface area contributed by atoms with Crippen molar-refractivity contribution in [3.8, 4) is 0 Å². The largest absolute Gasteiger partial charge is 0.377 e. The molecule has 4 heterocycles. The number of rotatable bonds is 0. The molecule has 2 aliphatic rings. The maximum Gasteiger partial charge on any atom is 0.0815 e. The molecule has 0 spiro atoms. The molecule has 8 heteroatoms. The van der Waals surface area contributed by atoms with Crippen LogP contribution in [0.3, 0.4) is 0 Å². The molecule has 0 aliphatic carbocycles. The maximum absolute atomic E-state index is 5.57. The van der Waals surface area contributed by atoms with Gasteiger partial charge in [0.1, 0.15) is 0 Å². The topological polar surface area (TPSA) is 93.7 Å². The van der Waals surface area contributed by atoms with Gasteiger partial charge in [0, 0.05) is 24.9 Å². The van der Waals surface area contributed by atoms with E-state index in [1.807, 2.05) is 36.4 Å². The summed E-state index contributed by atoms with van der Waals surface area (Å²) in [5.74, 6) is 0. The van der Waals surface area contributed by atoms with Gasteiger partial charge in [-0.2, -0.15) is 0 Å². The number of aliphatic imine (C=N–C) groups is 4. The fourth-order valence-electron chi connectivity index (χ4n) is 3.34. The van der Waals surface area contributed by atoms with Crippen molar-refractivity contribution in [2.45, 2.75) is 13.1 Å². The van der Waals surface area contributed by atoms with Crippen molar-refractivity contribution < 1.29 is 9.47 Å². The van der Waals surface area contributed by atoms with Gasteiger partial charge in [0.15, 0.2) is 0 Å². The number of hydrogen-bond donors (Lipinski definition) is 0. The van der Waals surface area contributed by atoms with Crippen LogP contribution in [-0.2, 0) is 22.6 Å². The summed E-state index contributed by atoms with van der Waals surface area (Å²) in [5, 5.41) is 0. The molecule has 184 valence electrons. The zero-order valence-corrected chi connectivity index (χ0v) is 20.2. The zero-order valence-electron chi connectivity index (χ0n) is 20.2. The molecule has 0 saturated heterocycles. The van der Waals surface area contributed by atoms with E-state index in [0.29, 0.717) is 52.6 Å². The number of aromatic nitrogens is 2. The van der Waals surface area contributed by atoms with E-state index in [1.54, 1.807) is 24.9 Å². The van der Waals surface area contributed by atoms with Crippen molar-refractivity contribution in [3.05, 3.63) is 94.6 Å². The van der Waals surface area contributed by atoms with E-state index < -0.39 is 0 Å². The first-order chi connectivity index (χ1) is 17.8. The van der Waals surface area contributed by atoms with E-state index in [9.17, 15) is 0 Å². The molecule has 2 aliphatic heterocycles. The summed E-state index contributed by atoms with van der Waals surface area (Å²) < 4.78 is 11.1. The SMILES string of the molecule is C1=NCCOCCOCCN=Cc2cccc(n2)C=NCc2ccc(cc2)CN=Cc2cccc1n2. The Morgan fingerprint density at radius 2 is 0.833 bits per heavy atom. The summed E-state index contributed by atoms with van der Waals surface area (Å²) >= 11 is 0. The minimum Gasteiger partial charge on any atom is -0.377 e. The summed E-state index contributed by atoms with van der Waals surface area (Å²) in [4.78, 5) is 27.0. The Bertz CT molecular complexity index is 1110. The van der Waals surface area contributed by atoms with Crippen LogP contribution < -0.4 is 0 Å². The lowest BCUT2D eigenvalue weighted by atomic mass is 10.1. The molecule has 0 saturated carbocycles. The van der Waals surface area contributed by atoms with Gasteiger partial charge in [-0.1, -0.05) is 36.4 Å². The maximum atomic E-state index is 5.57. The average molecular weight is 483 g/mol. The number of ether oxygens (including phenoxy) is 2. The number of fused-ring (bicyclic) bond motifs is 13. The van der Waals surface area contributed by atoms with Crippen LogP contribution in [0.2, 0.25) is 0 Å². The smallest absolute Gasteiger partial charge is 0.0815 e. The number of benzene rings is 1. The van der Waals surface area contributed by atoms with Crippen LogP contribution in [-0.4, -0.2) is 74.3 Å². The highest BCUT2D eigenvalue weighted by Crippen LogP contribution is 2.07. The Labute approximate surface area is 211 Å². The summed E-state index contributed by atoms with van der Waals surface area (Å²) in [6.45, 7) is 4.41. The second-order valence-electron chi connectivity index (χ2n) is 8.03. The third kappa shape index (κ3) is 9.05. The van der Waals surface area contributed by atoms with Crippen molar-refractivity contribution in [1.82, 2.24) is 9.97 Å². The summed E-state index contributed by atoms with van der Waals surface area (Å²) in [6, 6.07) is 19.9. The predicted octanol–water partition coefficient (Wildman–Crippen LogP) is 3.60. The summed E-state index contributed by atoms with van der Waals surface area (Å²) in [6.07, 6.45) is 7.10. The second-order valence-corrected chi connectivity index (χ2v) is 8.03. The standard InChI is InChI=1S/C28H30N6O2/c1-3-25-19-29-11-13-35-15-16-36-14-12-30-20-26-4-2-6-28(34-26)22-32-18-24-9-7-23(8-10-24)17-31-21-27(5-1)33-25/h1-10,19-22H,11-18H2. The van der Waals surface area contributed by atoms with E-state index in [-0.39, 0.29) is 0 Å². The number of pyridine rings is 2. The predicted molar refractivity (Wildman–Crippen MR) is 144 cm³/mol. The lowest BCUT2D eigenvalue weighted by molar-refractivity contribution is 0.0541. The van der Waals surface area contributed by atoms with Crippen LogP contribution >= 0.6 is 0 Å². The quantitative estimate of drug-likeness (QED) is 0.458. The zero-order chi connectivity index (χ0) is 24.7. The monoisotopic (exact) mass is 482 g/mol. The van der Waals surface area contributed by atoms with Gasteiger partial charge in [-0.25, -0.2) is 9.97 Å². The molecule has 0 N–H and O–H groups in total. The normalized spacial score (nSPS) is 15.9. The Morgan fingerprint density at radius 1 is 0.444 bits per heavy atom. The molecule has 1 aromatic carbocycles. The first-order valence-corrected chi connectivity index (χ1v) is 12.0. The van der Waals surface area contributed by atoms with Crippen LogP contribution in [0.15, 0.2) is 80.6 Å². The van der Waals surface area contributed by atoms with Gasteiger partial charge in [0.25, 0.3) is 0 Å². The van der Waals surface area contributed by atoms with E-state index in [1.165, 1.54) is 0 Å². The van der Waals surface area contributed by atoms with Gasteiger partial charge >= 0.3 is 0 Å². The number of nitrogens with zero attached hydrogens (tertiary/aromatic N) is 6. The molecule has 8 nitrogen and oxygen atoms in total. The molecule has 0 radical (unpaired) electrons. The molecular weight excluding hydrogens is 452 g/mol. The average Bonchev–Trinajstić information content (AvgIpc) is 2.90. The van der Waals surface area contributed by atoms with Crippen molar-refractivity contribution in [2.75, 3.05) is 39.5 Å². The van der Waals surface area contributed by atoms with Crippen molar-refractivity contribution in [1.29, 1.82) is 0 Å². The molecule has 36 heavy (non-hydrogen) atoms. The van der Waals surface area contributed by atoms with Gasteiger partial charge in [0.05, 0.1) is 75.4 Å². The van der Waals surface area contributed by atoms with Crippen molar-refractivity contribution >= 4 is 24.9 Å². The molecule has 0 fully saturated rings. The number of hydrogen-bond acceptors (Lipinski definition) is 8. The first-order valence-electron chi connectivity index (χ1n) is 12.0. The van der Waals surface area contributed by atoms with Crippen molar-refractivity contribution in [2.24, 2.45) is 20.0 Å². The minimum atomic E-state index is 0.523. The highest BCUT2D eigenvalue weighted by molar-refractivity contribution is 5.82. The minimum absolute atomic E-state index is 0.523. The highest BCUT2D eigenvalue weighted by Gasteiger charge is 1.97. The van der Waals surface area contributed by atoms with Gasteiger partial charge in [-0.3, -0.25) is 20.0 Å². The van der Waals surface area contributed by atoms with E-state index in [4.69, 9.17) is 9.47 Å². The molecule has 0 unspecified atom stereocenters. The van der Waals surface area contributed by atoms with E-state index in [2.05, 4.69) is 54.2 Å². The van der Waals surface area contributed by atoms with E-state index in [0.717, 1.165) is 33.9 Å². The summed E-state index contributed by atoms with van der Waals surface area (Å²) in [5.41, 5.74) is 5.44. The first kappa shape index (κ1) is 25.2. The molecule has 0 atom stereocenters. The lowest BCUT2D eigenvalue weighted by Crippen LogP contribution is -2.09. The van der Waals surface area contributed by atoms with Gasteiger partial charge in [0.2, 0.25) is 0 Å². The third-order valence-electron chi connectivity index (χ3n) is 5.15. The lowest BCUT2D eigenvalue weighted by Gasteiger charge is -2.03. The molecule has 3 aromatic rings. The summed E-state index contributed by atoms with van der Waals surface area (Å²) in [7, 11) is 0. The van der Waals surface area contributed by atoms with Crippen LogP contribution in [0.5, 0.6) is 0 Å². The highest BCUT2D eigenvalue weighted by atomic mass is 16.5. The molecular formula is C28H30N6O2. The van der Waals surface area contributed by atoms with Crippen molar-refractivity contribution in [3.63, 3.8) is 0 Å². The van der Waals surface area contributed by atoms with Gasteiger partial charge < -0.3 is 9.47 Å². The molecule has 0 amide bonds. The van der Waals surface area contributed by atoms with Crippen LogP contribution in [0.25, 0.3) is 0 Å². The van der Waals surface area contributed by atoms with Gasteiger partial charge in [-0.15, -0.1) is 0 Å². The fraction of sp³-hybridized carbons (Fsp3) is 0.286. The van der Waals surface area contributed by atoms with Gasteiger partial charge in [-0.05, 0) is 35.4 Å². The Kier molecular flexibility index (Phi) is 10.2.